The SMILES string of the molecule is COc1cccc(C(=O)N2CC[NH+](C[C@H]3CC=CCC3)CC2)c1. The van der Waals surface area contributed by atoms with Gasteiger partial charge in [-0.25, -0.2) is 0 Å². The Morgan fingerprint density at radius 1 is 1.30 bits per heavy atom. The van der Waals surface area contributed by atoms with Crippen molar-refractivity contribution in [3.8, 4) is 5.75 Å². The van der Waals surface area contributed by atoms with Crippen LogP contribution in [0.4, 0.5) is 0 Å². The molecular weight excluding hydrogens is 288 g/mol. The van der Waals surface area contributed by atoms with Crippen LogP contribution in [-0.2, 0) is 0 Å². The third-order valence-corrected chi connectivity index (χ3v) is 5.03. The Morgan fingerprint density at radius 3 is 2.83 bits per heavy atom. The molecule has 0 unspecified atom stereocenters. The summed E-state index contributed by atoms with van der Waals surface area (Å²) in [6.45, 7) is 5.10. The molecule has 1 aliphatic heterocycles. The topological polar surface area (TPSA) is 34.0 Å². The Hall–Kier alpha value is -1.81. The second-order valence-corrected chi connectivity index (χ2v) is 6.63. The Bertz CT molecular complexity index is 562. The van der Waals surface area contributed by atoms with Crippen molar-refractivity contribution < 1.29 is 14.4 Å². The van der Waals surface area contributed by atoms with Gasteiger partial charge in [0.1, 0.15) is 5.75 Å². The van der Waals surface area contributed by atoms with Gasteiger partial charge in [0.15, 0.2) is 0 Å². The monoisotopic (exact) mass is 315 g/mol. The Morgan fingerprint density at radius 2 is 2.13 bits per heavy atom. The molecule has 1 heterocycles. The molecular formula is C19H27N2O2+. The number of hydrogen-bond acceptors (Lipinski definition) is 2. The highest BCUT2D eigenvalue weighted by Crippen LogP contribution is 2.17. The van der Waals surface area contributed by atoms with Crippen LogP contribution in [0.25, 0.3) is 0 Å². The summed E-state index contributed by atoms with van der Waals surface area (Å²) in [5, 5.41) is 0. The lowest BCUT2D eigenvalue weighted by Crippen LogP contribution is -3.15. The first kappa shape index (κ1) is 16.1. The molecule has 0 aromatic heterocycles. The number of rotatable bonds is 4. The molecule has 0 radical (unpaired) electrons. The van der Waals surface area contributed by atoms with E-state index in [0.717, 1.165) is 43.4 Å². The summed E-state index contributed by atoms with van der Waals surface area (Å²) in [6, 6.07) is 7.45. The van der Waals surface area contributed by atoms with Crippen LogP contribution in [0.3, 0.4) is 0 Å². The first-order chi connectivity index (χ1) is 11.3. The van der Waals surface area contributed by atoms with Gasteiger partial charge in [0.2, 0.25) is 0 Å². The van der Waals surface area contributed by atoms with Crippen LogP contribution in [0.2, 0.25) is 0 Å². The molecule has 1 atom stereocenters. The summed E-state index contributed by atoms with van der Waals surface area (Å²) < 4.78 is 5.21. The van der Waals surface area contributed by atoms with E-state index in [-0.39, 0.29) is 5.91 Å². The zero-order chi connectivity index (χ0) is 16.1. The fraction of sp³-hybridized carbons (Fsp3) is 0.526. The van der Waals surface area contributed by atoms with Crippen LogP contribution in [0.15, 0.2) is 36.4 Å². The Labute approximate surface area is 138 Å². The predicted octanol–water partition coefficient (Wildman–Crippen LogP) is 1.39. The number of nitrogens with one attached hydrogen (secondary N) is 1. The quantitative estimate of drug-likeness (QED) is 0.852. The highest BCUT2D eigenvalue weighted by atomic mass is 16.5. The molecule has 4 heteroatoms. The molecule has 1 N–H and O–H groups in total. The van der Waals surface area contributed by atoms with E-state index in [0.29, 0.717) is 0 Å². The van der Waals surface area contributed by atoms with E-state index in [1.807, 2.05) is 29.2 Å². The van der Waals surface area contributed by atoms with Gasteiger partial charge >= 0.3 is 0 Å². The summed E-state index contributed by atoms with van der Waals surface area (Å²) in [5.41, 5.74) is 0.727. The van der Waals surface area contributed by atoms with Crippen molar-refractivity contribution in [3.63, 3.8) is 0 Å². The largest absolute Gasteiger partial charge is 0.497 e. The Kier molecular flexibility index (Phi) is 5.34. The second kappa shape index (κ2) is 7.64. The molecule has 1 aromatic carbocycles. The number of carbonyl (C=O) groups is 1. The van der Waals surface area contributed by atoms with Crippen LogP contribution < -0.4 is 9.64 Å². The van der Waals surface area contributed by atoms with E-state index in [1.165, 1.54) is 25.8 Å². The number of ether oxygens (including phenoxy) is 1. The van der Waals surface area contributed by atoms with Crippen molar-refractivity contribution in [1.29, 1.82) is 0 Å². The maximum absolute atomic E-state index is 12.6. The van der Waals surface area contributed by atoms with E-state index in [4.69, 9.17) is 4.74 Å². The Balaban J connectivity index is 1.51. The van der Waals surface area contributed by atoms with E-state index in [9.17, 15) is 4.79 Å². The number of piperazine rings is 1. The summed E-state index contributed by atoms with van der Waals surface area (Å²) in [6.07, 6.45) is 8.42. The molecule has 1 aliphatic carbocycles. The zero-order valence-electron chi connectivity index (χ0n) is 14.0. The van der Waals surface area contributed by atoms with E-state index in [1.54, 1.807) is 12.0 Å². The molecule has 124 valence electrons. The van der Waals surface area contributed by atoms with Crippen molar-refractivity contribution >= 4 is 5.91 Å². The molecule has 1 saturated heterocycles. The highest BCUT2D eigenvalue weighted by Gasteiger charge is 2.26. The summed E-state index contributed by atoms with van der Waals surface area (Å²) in [4.78, 5) is 16.3. The lowest BCUT2D eigenvalue weighted by molar-refractivity contribution is -0.907. The first-order valence-electron chi connectivity index (χ1n) is 8.68. The van der Waals surface area contributed by atoms with Gasteiger partial charge in [0.25, 0.3) is 5.91 Å². The standard InChI is InChI=1S/C19H26N2O2/c1-23-18-9-5-8-17(14-18)19(22)21-12-10-20(11-13-21)15-16-6-3-2-4-7-16/h2-3,5,8-9,14,16H,4,6-7,10-13,15H2,1H3/p+1/t16-/m0/s1. The van der Waals surface area contributed by atoms with Crippen molar-refractivity contribution in [2.24, 2.45) is 5.92 Å². The van der Waals surface area contributed by atoms with Crippen molar-refractivity contribution in [1.82, 2.24) is 4.90 Å². The third-order valence-electron chi connectivity index (χ3n) is 5.03. The minimum atomic E-state index is 0.128. The van der Waals surface area contributed by atoms with Crippen LogP contribution in [0, 0.1) is 5.92 Å². The second-order valence-electron chi connectivity index (χ2n) is 6.63. The summed E-state index contributed by atoms with van der Waals surface area (Å²) in [7, 11) is 1.63. The van der Waals surface area contributed by atoms with Gasteiger partial charge in [-0.15, -0.1) is 0 Å². The summed E-state index contributed by atoms with van der Waals surface area (Å²) >= 11 is 0. The molecule has 0 spiro atoms. The van der Waals surface area contributed by atoms with Gasteiger partial charge in [-0.2, -0.15) is 0 Å². The average molecular weight is 315 g/mol. The predicted molar refractivity (Wildman–Crippen MR) is 90.9 cm³/mol. The number of benzene rings is 1. The van der Waals surface area contributed by atoms with Gasteiger partial charge in [0, 0.05) is 11.5 Å². The normalized spacial score (nSPS) is 22.1. The van der Waals surface area contributed by atoms with Gasteiger partial charge in [-0.05, 0) is 37.5 Å². The summed E-state index contributed by atoms with van der Waals surface area (Å²) in [5.74, 6) is 1.70. The van der Waals surface area contributed by atoms with Crippen molar-refractivity contribution in [3.05, 3.63) is 42.0 Å². The molecule has 1 aromatic rings. The minimum Gasteiger partial charge on any atom is -0.497 e. The number of quaternary nitrogens is 1. The van der Waals surface area contributed by atoms with Crippen LogP contribution >= 0.6 is 0 Å². The average Bonchev–Trinajstić information content (AvgIpc) is 2.63. The van der Waals surface area contributed by atoms with Crippen LogP contribution in [0.5, 0.6) is 5.75 Å². The van der Waals surface area contributed by atoms with E-state index in [2.05, 4.69) is 12.2 Å². The van der Waals surface area contributed by atoms with Gasteiger partial charge in [-0.3, -0.25) is 4.79 Å². The van der Waals surface area contributed by atoms with Gasteiger partial charge < -0.3 is 14.5 Å². The highest BCUT2D eigenvalue weighted by molar-refractivity contribution is 5.94. The van der Waals surface area contributed by atoms with Gasteiger partial charge in [0.05, 0.1) is 39.8 Å². The number of methoxy groups -OCH3 is 1. The third kappa shape index (κ3) is 4.14. The maximum atomic E-state index is 12.6. The smallest absolute Gasteiger partial charge is 0.254 e. The molecule has 0 bridgehead atoms. The van der Waals surface area contributed by atoms with Crippen molar-refractivity contribution in [2.45, 2.75) is 19.3 Å². The fourth-order valence-electron chi connectivity index (χ4n) is 3.62. The molecule has 2 aliphatic rings. The van der Waals surface area contributed by atoms with Gasteiger partial charge in [-0.1, -0.05) is 18.2 Å². The fourth-order valence-corrected chi connectivity index (χ4v) is 3.62. The molecule has 0 saturated carbocycles. The number of amides is 1. The van der Waals surface area contributed by atoms with Crippen LogP contribution in [0.1, 0.15) is 29.6 Å². The lowest BCUT2D eigenvalue weighted by Gasteiger charge is -2.34. The minimum absolute atomic E-state index is 0.128. The number of nitrogens with zero attached hydrogens (tertiary/aromatic N) is 1. The van der Waals surface area contributed by atoms with Crippen molar-refractivity contribution in [2.75, 3.05) is 39.8 Å². The maximum Gasteiger partial charge on any atom is 0.254 e. The molecule has 3 rings (SSSR count). The molecule has 4 nitrogen and oxygen atoms in total. The molecule has 23 heavy (non-hydrogen) atoms. The van der Waals surface area contributed by atoms with E-state index >= 15 is 0 Å². The van der Waals surface area contributed by atoms with Crippen LogP contribution in [-0.4, -0.2) is 50.6 Å². The zero-order valence-corrected chi connectivity index (χ0v) is 14.0. The lowest BCUT2D eigenvalue weighted by atomic mass is 9.94. The molecule has 1 amide bonds. The molecule has 1 fully saturated rings. The number of allylic oxidation sites excluding steroid dienone is 2. The number of carbonyl (C=O) groups excluding carboxylic acids is 1. The number of hydrogen-bond donors (Lipinski definition) is 1. The van der Waals surface area contributed by atoms with E-state index < -0.39 is 0 Å². The first-order valence-corrected chi connectivity index (χ1v) is 8.68.